The van der Waals surface area contributed by atoms with Crippen molar-refractivity contribution in [1.82, 2.24) is 14.6 Å². The highest BCUT2D eigenvalue weighted by atomic mass is 16.5. The molecule has 0 saturated carbocycles. The van der Waals surface area contributed by atoms with E-state index in [0.717, 1.165) is 12.1 Å². The van der Waals surface area contributed by atoms with E-state index in [2.05, 4.69) is 10.1 Å². The van der Waals surface area contributed by atoms with Gasteiger partial charge in [-0.25, -0.2) is 9.50 Å². The Kier molecular flexibility index (Phi) is 2.73. The molecule has 0 atom stereocenters. The molecule has 0 bridgehead atoms. The molecule has 0 aliphatic heterocycles. The van der Waals surface area contributed by atoms with Crippen LogP contribution in [0.4, 0.5) is 0 Å². The molecule has 0 unspecified atom stereocenters. The van der Waals surface area contributed by atoms with Crippen molar-refractivity contribution < 1.29 is 9.53 Å². The van der Waals surface area contributed by atoms with Gasteiger partial charge < -0.3 is 4.74 Å². The minimum Gasteiger partial charge on any atom is -0.384 e. The lowest BCUT2D eigenvalue weighted by atomic mass is 10.3. The first-order valence-corrected chi connectivity index (χ1v) is 4.63. The lowest BCUT2D eigenvalue weighted by Crippen LogP contribution is -1.96. The zero-order valence-electron chi connectivity index (χ0n) is 8.38. The predicted molar refractivity (Wildman–Crippen MR) is 54.0 cm³/mol. The van der Waals surface area contributed by atoms with Crippen LogP contribution in [0.1, 0.15) is 16.2 Å². The number of nitrogens with zero attached hydrogens (tertiary/aromatic N) is 3. The number of hydrogen-bond acceptors (Lipinski definition) is 4. The molecular formula is C10H11N3O2. The summed E-state index contributed by atoms with van der Waals surface area (Å²) in [6.45, 7) is 0.595. The average molecular weight is 205 g/mol. The highest BCUT2D eigenvalue weighted by Gasteiger charge is 2.03. The number of aromatic nitrogens is 3. The summed E-state index contributed by atoms with van der Waals surface area (Å²) in [6, 6.07) is 3.41. The lowest BCUT2D eigenvalue weighted by Gasteiger charge is -1.91. The second-order valence-corrected chi connectivity index (χ2v) is 3.15. The zero-order chi connectivity index (χ0) is 10.7. The van der Waals surface area contributed by atoms with E-state index < -0.39 is 0 Å². The third-order valence-electron chi connectivity index (χ3n) is 2.07. The van der Waals surface area contributed by atoms with E-state index in [1.165, 1.54) is 0 Å². The molecule has 0 N–H and O–H groups in total. The monoisotopic (exact) mass is 205 g/mol. The van der Waals surface area contributed by atoms with Crippen molar-refractivity contribution in [3.8, 4) is 0 Å². The molecule has 0 aliphatic carbocycles. The number of carbonyl (C=O) groups is 1. The normalized spacial score (nSPS) is 10.7. The van der Waals surface area contributed by atoms with E-state index in [1.54, 1.807) is 30.0 Å². The van der Waals surface area contributed by atoms with Crippen LogP contribution >= 0.6 is 0 Å². The van der Waals surface area contributed by atoms with Crippen molar-refractivity contribution in [1.29, 1.82) is 0 Å². The van der Waals surface area contributed by atoms with E-state index in [1.807, 2.05) is 0 Å². The molecule has 0 aliphatic rings. The van der Waals surface area contributed by atoms with Gasteiger partial charge >= 0.3 is 0 Å². The van der Waals surface area contributed by atoms with Gasteiger partial charge in [0.25, 0.3) is 0 Å². The number of pyridine rings is 1. The van der Waals surface area contributed by atoms with E-state index in [9.17, 15) is 4.79 Å². The Morgan fingerprint density at radius 1 is 1.60 bits per heavy atom. The van der Waals surface area contributed by atoms with E-state index >= 15 is 0 Å². The summed E-state index contributed by atoms with van der Waals surface area (Å²) < 4.78 is 6.59. The molecule has 2 heterocycles. The number of methoxy groups -OCH3 is 1. The van der Waals surface area contributed by atoms with Gasteiger partial charge in [0.2, 0.25) is 0 Å². The summed E-state index contributed by atoms with van der Waals surface area (Å²) in [5.41, 5.74) is 1.29. The van der Waals surface area contributed by atoms with Crippen molar-refractivity contribution in [3.63, 3.8) is 0 Å². The summed E-state index contributed by atoms with van der Waals surface area (Å²) in [4.78, 5) is 14.8. The van der Waals surface area contributed by atoms with Crippen LogP contribution in [0.2, 0.25) is 0 Å². The number of ether oxygens (including phenoxy) is 1. The van der Waals surface area contributed by atoms with Crippen LogP contribution in [0.3, 0.4) is 0 Å². The first-order chi connectivity index (χ1) is 7.33. The van der Waals surface area contributed by atoms with Gasteiger partial charge in [-0.05, 0) is 12.1 Å². The largest absolute Gasteiger partial charge is 0.384 e. The van der Waals surface area contributed by atoms with Crippen molar-refractivity contribution in [3.05, 3.63) is 29.7 Å². The summed E-state index contributed by atoms with van der Waals surface area (Å²) in [7, 11) is 1.64. The smallest absolute Gasteiger partial charge is 0.156 e. The highest BCUT2D eigenvalue weighted by molar-refractivity contribution is 5.76. The van der Waals surface area contributed by atoms with Gasteiger partial charge in [0.15, 0.2) is 11.5 Å². The minimum absolute atomic E-state index is 0.595. The Morgan fingerprint density at radius 2 is 2.47 bits per heavy atom. The van der Waals surface area contributed by atoms with Crippen LogP contribution in [0.15, 0.2) is 18.3 Å². The molecule has 15 heavy (non-hydrogen) atoms. The first-order valence-electron chi connectivity index (χ1n) is 4.63. The van der Waals surface area contributed by atoms with Crippen LogP contribution in [0.25, 0.3) is 5.65 Å². The van der Waals surface area contributed by atoms with Crippen molar-refractivity contribution >= 4 is 11.9 Å². The van der Waals surface area contributed by atoms with Gasteiger partial charge in [-0.2, -0.15) is 5.10 Å². The SMILES string of the molecule is COCCc1nc2cc(C=O)ccn2n1. The minimum atomic E-state index is 0.595. The van der Waals surface area contributed by atoms with Crippen LogP contribution in [0, 0.1) is 0 Å². The quantitative estimate of drug-likeness (QED) is 0.690. The molecule has 2 rings (SSSR count). The molecule has 2 aromatic rings. The lowest BCUT2D eigenvalue weighted by molar-refractivity contribution is 0.112. The molecular weight excluding hydrogens is 194 g/mol. The Labute approximate surface area is 86.7 Å². The topological polar surface area (TPSA) is 56.5 Å². The third-order valence-corrected chi connectivity index (χ3v) is 2.07. The molecule has 0 saturated heterocycles. The molecule has 0 fully saturated rings. The Hall–Kier alpha value is -1.75. The second kappa shape index (κ2) is 4.18. The van der Waals surface area contributed by atoms with Gasteiger partial charge in [0.1, 0.15) is 6.29 Å². The van der Waals surface area contributed by atoms with Crippen LogP contribution < -0.4 is 0 Å². The van der Waals surface area contributed by atoms with Gasteiger partial charge in [-0.1, -0.05) is 0 Å². The van der Waals surface area contributed by atoms with Crippen molar-refractivity contribution in [2.24, 2.45) is 0 Å². The molecule has 0 amide bonds. The number of carbonyl (C=O) groups excluding carboxylic acids is 1. The maximum Gasteiger partial charge on any atom is 0.156 e. The van der Waals surface area contributed by atoms with Gasteiger partial charge in [-0.3, -0.25) is 4.79 Å². The fourth-order valence-corrected chi connectivity index (χ4v) is 1.32. The number of rotatable bonds is 4. The summed E-state index contributed by atoms with van der Waals surface area (Å²) in [5, 5.41) is 4.24. The van der Waals surface area contributed by atoms with Crippen LogP contribution in [-0.4, -0.2) is 34.6 Å². The fraction of sp³-hybridized carbons (Fsp3) is 0.300. The molecule has 0 aromatic carbocycles. The number of fused-ring (bicyclic) bond motifs is 1. The van der Waals surface area contributed by atoms with E-state index in [-0.39, 0.29) is 0 Å². The van der Waals surface area contributed by atoms with Gasteiger partial charge in [0, 0.05) is 25.3 Å². The van der Waals surface area contributed by atoms with Crippen LogP contribution in [0.5, 0.6) is 0 Å². The Bertz CT molecular complexity index is 478. The molecule has 0 spiro atoms. The van der Waals surface area contributed by atoms with E-state index in [4.69, 9.17) is 4.74 Å². The molecule has 78 valence electrons. The molecule has 5 heteroatoms. The first kappa shape index (κ1) is 9.79. The Balaban J connectivity index is 2.33. The maximum absolute atomic E-state index is 10.6. The zero-order valence-corrected chi connectivity index (χ0v) is 8.38. The molecule has 5 nitrogen and oxygen atoms in total. The van der Waals surface area contributed by atoms with Crippen molar-refractivity contribution in [2.75, 3.05) is 13.7 Å². The van der Waals surface area contributed by atoms with Crippen LogP contribution in [-0.2, 0) is 11.2 Å². The van der Waals surface area contributed by atoms with Gasteiger partial charge in [-0.15, -0.1) is 0 Å². The van der Waals surface area contributed by atoms with Crippen molar-refractivity contribution in [2.45, 2.75) is 6.42 Å². The number of aldehydes is 1. The predicted octanol–water partition coefficient (Wildman–Crippen LogP) is 0.731. The maximum atomic E-state index is 10.6. The average Bonchev–Trinajstić information content (AvgIpc) is 2.67. The van der Waals surface area contributed by atoms with E-state index in [0.29, 0.717) is 24.2 Å². The second-order valence-electron chi connectivity index (χ2n) is 3.15. The fourth-order valence-electron chi connectivity index (χ4n) is 1.32. The molecule has 0 radical (unpaired) electrons. The Morgan fingerprint density at radius 3 is 3.20 bits per heavy atom. The third kappa shape index (κ3) is 2.02. The standard InChI is InChI=1S/C10H11N3O2/c1-15-5-3-9-11-10-6-8(7-14)2-4-13(10)12-9/h2,4,6-7H,3,5H2,1H3. The summed E-state index contributed by atoms with van der Waals surface area (Å²) in [6.07, 6.45) is 3.19. The molecule has 2 aromatic heterocycles. The van der Waals surface area contributed by atoms with Gasteiger partial charge in [0.05, 0.1) is 6.61 Å². The summed E-state index contributed by atoms with van der Waals surface area (Å²) in [5.74, 6) is 0.722. The highest BCUT2D eigenvalue weighted by Crippen LogP contribution is 2.04. The summed E-state index contributed by atoms with van der Waals surface area (Å²) >= 11 is 0. The number of hydrogen-bond donors (Lipinski definition) is 0.